The average molecular weight is 365 g/mol. The van der Waals surface area contributed by atoms with Crippen LogP contribution in [0.25, 0.3) is 11.0 Å². The quantitative estimate of drug-likeness (QED) is 0.642. The maximum atomic E-state index is 13.2. The van der Waals surface area contributed by atoms with Gasteiger partial charge in [-0.1, -0.05) is 49.4 Å². The van der Waals surface area contributed by atoms with Crippen molar-refractivity contribution in [2.75, 3.05) is 0 Å². The average Bonchev–Trinajstić information content (AvgIpc) is 2.97. The molecule has 3 rings (SSSR count). The molecule has 0 bridgehead atoms. The van der Waals surface area contributed by atoms with Gasteiger partial charge in [-0.2, -0.15) is 0 Å². The predicted molar refractivity (Wildman–Crippen MR) is 109 cm³/mol. The number of carbonyl (C=O) groups excluding carboxylic acids is 1. The first kappa shape index (κ1) is 19.0. The number of nitrogens with zero attached hydrogens (tertiary/aromatic N) is 3. The van der Waals surface area contributed by atoms with Crippen LogP contribution in [0.2, 0.25) is 0 Å². The Labute approximate surface area is 159 Å². The lowest BCUT2D eigenvalue weighted by Crippen LogP contribution is -2.41. The van der Waals surface area contributed by atoms with Gasteiger partial charge in [-0.05, 0) is 38.0 Å². The maximum absolute atomic E-state index is 13.2. The lowest BCUT2D eigenvalue weighted by Gasteiger charge is -2.29. The molecule has 0 saturated carbocycles. The molecular weight excluding hydrogens is 338 g/mol. The smallest absolute Gasteiger partial charge is 0.329 e. The van der Waals surface area contributed by atoms with Crippen LogP contribution in [0.3, 0.4) is 0 Å². The first-order valence-corrected chi connectivity index (χ1v) is 9.58. The highest BCUT2D eigenvalue weighted by molar-refractivity contribution is 5.81. The molecule has 0 aliphatic carbocycles. The van der Waals surface area contributed by atoms with E-state index in [1.165, 1.54) is 0 Å². The Morgan fingerprint density at radius 3 is 2.15 bits per heavy atom. The van der Waals surface area contributed by atoms with Crippen molar-refractivity contribution in [2.24, 2.45) is 0 Å². The summed E-state index contributed by atoms with van der Waals surface area (Å²) in [4.78, 5) is 27.9. The normalized spacial score (nSPS) is 12.3. The minimum absolute atomic E-state index is 0.0330. The summed E-state index contributed by atoms with van der Waals surface area (Å²) in [5.41, 5.74) is 2.64. The number of imidazole rings is 1. The summed E-state index contributed by atoms with van der Waals surface area (Å²) in [5, 5.41) is 0. The molecule has 27 heavy (non-hydrogen) atoms. The molecule has 0 saturated heterocycles. The van der Waals surface area contributed by atoms with Crippen molar-refractivity contribution in [3.05, 3.63) is 70.6 Å². The molecule has 1 atom stereocenters. The van der Waals surface area contributed by atoms with Crippen LogP contribution < -0.4 is 5.69 Å². The lowest BCUT2D eigenvalue weighted by atomic mass is 10.1. The summed E-state index contributed by atoms with van der Waals surface area (Å²) in [6.45, 7) is 7.27. The van der Waals surface area contributed by atoms with E-state index >= 15 is 0 Å². The Morgan fingerprint density at radius 2 is 1.56 bits per heavy atom. The van der Waals surface area contributed by atoms with Crippen molar-refractivity contribution < 1.29 is 4.79 Å². The minimum atomic E-state index is -0.129. The van der Waals surface area contributed by atoms with E-state index < -0.39 is 0 Å². The van der Waals surface area contributed by atoms with Crippen molar-refractivity contribution >= 4 is 16.9 Å². The third-order valence-electron chi connectivity index (χ3n) is 5.17. The topological polar surface area (TPSA) is 47.2 Å². The van der Waals surface area contributed by atoms with Gasteiger partial charge in [0, 0.05) is 19.1 Å². The van der Waals surface area contributed by atoms with Gasteiger partial charge in [-0.25, -0.2) is 4.79 Å². The van der Waals surface area contributed by atoms with Crippen molar-refractivity contribution in [1.29, 1.82) is 0 Å². The SMILES string of the molecule is CCC(C)N(Cc1ccccc1)C(=O)Cn1c(=O)n(CC)c2ccccc21. The number of hydrogen-bond acceptors (Lipinski definition) is 2. The summed E-state index contributed by atoms with van der Waals surface area (Å²) >= 11 is 0. The van der Waals surface area contributed by atoms with Gasteiger partial charge in [0.1, 0.15) is 6.54 Å². The molecule has 1 amide bonds. The number of benzene rings is 2. The van der Waals surface area contributed by atoms with Crippen LogP contribution in [0.1, 0.15) is 32.8 Å². The number of rotatable bonds is 7. The van der Waals surface area contributed by atoms with Crippen molar-refractivity contribution in [3.63, 3.8) is 0 Å². The molecule has 0 fully saturated rings. The van der Waals surface area contributed by atoms with Gasteiger partial charge in [-0.3, -0.25) is 13.9 Å². The number of fused-ring (bicyclic) bond motifs is 1. The molecule has 5 nitrogen and oxygen atoms in total. The van der Waals surface area contributed by atoms with E-state index in [2.05, 4.69) is 13.8 Å². The molecule has 0 aliphatic heterocycles. The fourth-order valence-corrected chi connectivity index (χ4v) is 3.45. The summed E-state index contributed by atoms with van der Waals surface area (Å²) in [6, 6.07) is 17.7. The van der Waals surface area contributed by atoms with E-state index in [1.54, 1.807) is 9.13 Å². The number of aryl methyl sites for hydroxylation is 1. The lowest BCUT2D eigenvalue weighted by molar-refractivity contribution is -0.134. The Hall–Kier alpha value is -2.82. The zero-order valence-corrected chi connectivity index (χ0v) is 16.3. The van der Waals surface area contributed by atoms with Gasteiger partial charge in [0.25, 0.3) is 0 Å². The van der Waals surface area contributed by atoms with Gasteiger partial charge in [-0.15, -0.1) is 0 Å². The second kappa shape index (κ2) is 8.25. The van der Waals surface area contributed by atoms with E-state index in [0.29, 0.717) is 13.1 Å². The second-order valence-corrected chi connectivity index (χ2v) is 6.87. The molecule has 3 aromatic rings. The van der Waals surface area contributed by atoms with Crippen LogP contribution in [-0.4, -0.2) is 26.0 Å². The molecule has 0 N–H and O–H groups in total. The zero-order valence-electron chi connectivity index (χ0n) is 16.3. The van der Waals surface area contributed by atoms with E-state index in [1.807, 2.05) is 66.4 Å². The molecule has 142 valence electrons. The van der Waals surface area contributed by atoms with Crippen LogP contribution in [0.5, 0.6) is 0 Å². The van der Waals surface area contributed by atoms with Gasteiger partial charge >= 0.3 is 5.69 Å². The highest BCUT2D eigenvalue weighted by atomic mass is 16.2. The summed E-state index contributed by atoms with van der Waals surface area (Å²) < 4.78 is 3.31. The van der Waals surface area contributed by atoms with Gasteiger partial charge in [0.05, 0.1) is 11.0 Å². The summed E-state index contributed by atoms with van der Waals surface area (Å²) in [6.07, 6.45) is 0.865. The minimum Gasteiger partial charge on any atom is -0.334 e. The van der Waals surface area contributed by atoms with E-state index in [0.717, 1.165) is 23.0 Å². The van der Waals surface area contributed by atoms with Crippen molar-refractivity contribution in [2.45, 2.75) is 52.9 Å². The predicted octanol–water partition coefficient (Wildman–Crippen LogP) is 3.65. The first-order valence-electron chi connectivity index (χ1n) is 9.58. The van der Waals surface area contributed by atoms with Crippen LogP contribution in [0.15, 0.2) is 59.4 Å². The van der Waals surface area contributed by atoms with E-state index in [9.17, 15) is 9.59 Å². The van der Waals surface area contributed by atoms with E-state index in [-0.39, 0.29) is 24.2 Å². The van der Waals surface area contributed by atoms with Gasteiger partial charge < -0.3 is 4.90 Å². The summed E-state index contributed by atoms with van der Waals surface area (Å²) in [5.74, 6) is -0.0330. The number of para-hydroxylation sites is 2. The first-order chi connectivity index (χ1) is 13.1. The number of aromatic nitrogens is 2. The number of hydrogen-bond donors (Lipinski definition) is 0. The third-order valence-corrected chi connectivity index (χ3v) is 5.17. The number of carbonyl (C=O) groups is 1. The van der Waals surface area contributed by atoms with Crippen LogP contribution >= 0.6 is 0 Å². The fourth-order valence-electron chi connectivity index (χ4n) is 3.45. The molecule has 2 aromatic carbocycles. The third kappa shape index (κ3) is 3.82. The standard InChI is InChI=1S/C22H27N3O2/c1-4-17(3)24(15-18-11-7-6-8-12-18)21(26)16-25-20-14-10-9-13-19(20)23(5-2)22(25)27/h6-14,17H,4-5,15-16H2,1-3H3. The molecular formula is C22H27N3O2. The fraction of sp³-hybridized carbons (Fsp3) is 0.364. The second-order valence-electron chi connectivity index (χ2n) is 6.87. The highest BCUT2D eigenvalue weighted by Crippen LogP contribution is 2.15. The molecule has 1 heterocycles. The number of amides is 1. The monoisotopic (exact) mass is 365 g/mol. The van der Waals surface area contributed by atoms with E-state index in [4.69, 9.17) is 0 Å². The molecule has 0 aliphatic rings. The van der Waals surface area contributed by atoms with Crippen LogP contribution in [0.4, 0.5) is 0 Å². The Bertz CT molecular complexity index is 972. The largest absolute Gasteiger partial charge is 0.334 e. The Balaban J connectivity index is 1.93. The zero-order chi connectivity index (χ0) is 19.4. The molecule has 1 aromatic heterocycles. The van der Waals surface area contributed by atoms with Crippen LogP contribution in [0, 0.1) is 0 Å². The Morgan fingerprint density at radius 1 is 0.963 bits per heavy atom. The molecule has 0 spiro atoms. The van der Waals surface area contributed by atoms with Crippen molar-refractivity contribution in [1.82, 2.24) is 14.0 Å². The maximum Gasteiger partial charge on any atom is 0.329 e. The Kier molecular flexibility index (Phi) is 5.79. The van der Waals surface area contributed by atoms with Crippen molar-refractivity contribution in [3.8, 4) is 0 Å². The van der Waals surface area contributed by atoms with Gasteiger partial charge in [0.15, 0.2) is 0 Å². The molecule has 0 radical (unpaired) electrons. The van der Waals surface area contributed by atoms with Crippen LogP contribution in [-0.2, 0) is 24.4 Å². The molecule has 1 unspecified atom stereocenters. The van der Waals surface area contributed by atoms with Gasteiger partial charge in [0.2, 0.25) is 5.91 Å². The molecule has 5 heteroatoms. The highest BCUT2D eigenvalue weighted by Gasteiger charge is 2.22. The summed E-state index contributed by atoms with van der Waals surface area (Å²) in [7, 11) is 0.